The number of benzene rings is 1. The molecule has 0 heterocycles. The molecule has 0 fully saturated rings. The maximum absolute atomic E-state index is 11.0. The number of ether oxygens (including phenoxy) is 1. The third-order valence-corrected chi connectivity index (χ3v) is 8.55. The molecule has 0 aliphatic rings. The summed E-state index contributed by atoms with van der Waals surface area (Å²) in [5.74, 6) is 0.705. The maximum Gasteiger partial charge on any atom is 0.319 e. The Bertz CT molecular complexity index is 478. The number of nitrogens with one attached hydrogen (secondary N) is 1. The van der Waals surface area contributed by atoms with Crippen LogP contribution in [0.25, 0.3) is 0 Å². The zero-order chi connectivity index (χ0) is 16.8. The minimum absolute atomic E-state index is 0.198. The lowest BCUT2D eigenvalue weighted by Gasteiger charge is -2.36. The third-order valence-electron chi connectivity index (χ3n) is 4.19. The van der Waals surface area contributed by atoms with Crippen LogP contribution >= 0.6 is 0 Å². The van der Waals surface area contributed by atoms with Crippen LogP contribution in [-0.4, -0.2) is 34.5 Å². The van der Waals surface area contributed by atoms with Crippen molar-refractivity contribution in [2.24, 2.45) is 0 Å². The molecule has 1 aromatic carbocycles. The fourth-order valence-corrected chi connectivity index (χ4v) is 2.70. The molecule has 22 heavy (non-hydrogen) atoms. The third kappa shape index (κ3) is 5.81. The van der Waals surface area contributed by atoms with Crippen LogP contribution in [0.1, 0.15) is 26.3 Å². The summed E-state index contributed by atoms with van der Waals surface area (Å²) in [6.07, 6.45) is 0.872. The number of rotatable bonds is 7. The molecule has 0 saturated heterocycles. The molecule has 4 nitrogen and oxygen atoms in total. The molecule has 0 spiro atoms. The first-order valence-electron chi connectivity index (χ1n) is 7.71. The zero-order valence-corrected chi connectivity index (χ0v) is 15.7. The molecule has 0 aliphatic carbocycles. The molecule has 0 saturated carbocycles. The van der Waals surface area contributed by atoms with Crippen molar-refractivity contribution in [2.45, 2.75) is 45.3 Å². The van der Waals surface area contributed by atoms with E-state index in [0.29, 0.717) is 0 Å². The SMILES string of the molecule is COC(=O)CNCCc1ccc(O[Si](C)(C)C(C)(C)C)cc1. The van der Waals surface area contributed by atoms with E-state index in [1.807, 2.05) is 12.1 Å². The first-order chi connectivity index (χ1) is 10.2. The molecule has 0 aliphatic heterocycles. The summed E-state index contributed by atoms with van der Waals surface area (Å²) in [7, 11) is -0.381. The molecule has 0 atom stereocenters. The Kier molecular flexibility index (Phi) is 6.62. The first kappa shape index (κ1) is 18.7. The van der Waals surface area contributed by atoms with Gasteiger partial charge in [0, 0.05) is 0 Å². The van der Waals surface area contributed by atoms with Crippen LogP contribution in [0.3, 0.4) is 0 Å². The number of carbonyl (C=O) groups is 1. The highest BCUT2D eigenvalue weighted by atomic mass is 28.4. The van der Waals surface area contributed by atoms with Crippen LogP contribution in [0.5, 0.6) is 5.75 Å². The topological polar surface area (TPSA) is 47.6 Å². The minimum atomic E-state index is -1.77. The van der Waals surface area contributed by atoms with Gasteiger partial charge in [0.15, 0.2) is 0 Å². The second kappa shape index (κ2) is 7.79. The molecule has 0 amide bonds. The van der Waals surface area contributed by atoms with E-state index in [2.05, 4.69) is 56.1 Å². The number of carbonyl (C=O) groups excluding carboxylic acids is 1. The van der Waals surface area contributed by atoms with Crippen molar-refractivity contribution >= 4 is 14.3 Å². The highest BCUT2D eigenvalue weighted by Crippen LogP contribution is 2.37. The average Bonchev–Trinajstić information content (AvgIpc) is 2.43. The molecule has 0 unspecified atom stereocenters. The summed E-state index contributed by atoms with van der Waals surface area (Å²) in [5.41, 5.74) is 1.22. The van der Waals surface area contributed by atoms with Gasteiger partial charge in [0.2, 0.25) is 8.32 Å². The fourth-order valence-electron chi connectivity index (χ4n) is 1.67. The van der Waals surface area contributed by atoms with Crippen LogP contribution in [0, 0.1) is 0 Å². The Balaban J connectivity index is 2.48. The first-order valence-corrected chi connectivity index (χ1v) is 10.6. The van der Waals surface area contributed by atoms with Gasteiger partial charge in [-0.3, -0.25) is 4.79 Å². The lowest BCUT2D eigenvalue weighted by atomic mass is 10.1. The summed E-state index contributed by atoms with van der Waals surface area (Å²) < 4.78 is 10.8. The zero-order valence-electron chi connectivity index (χ0n) is 14.7. The van der Waals surface area contributed by atoms with Crippen LogP contribution in [-0.2, 0) is 16.0 Å². The van der Waals surface area contributed by atoms with Gasteiger partial charge in [0.25, 0.3) is 0 Å². The van der Waals surface area contributed by atoms with Gasteiger partial charge in [0.1, 0.15) is 5.75 Å². The van der Waals surface area contributed by atoms with E-state index >= 15 is 0 Å². The van der Waals surface area contributed by atoms with Gasteiger partial charge in [0.05, 0.1) is 13.7 Å². The fraction of sp³-hybridized carbons (Fsp3) is 0.588. The largest absolute Gasteiger partial charge is 0.544 e. The lowest BCUT2D eigenvalue weighted by Crippen LogP contribution is -2.43. The Labute approximate surface area is 135 Å². The standard InChI is InChI=1S/C17H29NO3Si/c1-17(2,3)22(5,6)21-15-9-7-14(8-10-15)11-12-18-13-16(19)20-4/h7-10,18H,11-13H2,1-6H3. The Morgan fingerprint density at radius 1 is 1.18 bits per heavy atom. The average molecular weight is 324 g/mol. The molecule has 0 bridgehead atoms. The summed E-state index contributed by atoms with van der Waals surface area (Å²) >= 11 is 0. The number of esters is 1. The van der Waals surface area contributed by atoms with Gasteiger partial charge >= 0.3 is 5.97 Å². The predicted molar refractivity (Wildman–Crippen MR) is 92.9 cm³/mol. The van der Waals surface area contributed by atoms with Crippen molar-refractivity contribution in [3.8, 4) is 5.75 Å². The molecule has 1 N–H and O–H groups in total. The summed E-state index contributed by atoms with van der Waals surface area (Å²) in [6, 6.07) is 8.25. The van der Waals surface area contributed by atoms with Crippen LogP contribution in [0.4, 0.5) is 0 Å². The Hall–Kier alpha value is -1.33. The predicted octanol–water partition coefficient (Wildman–Crippen LogP) is 3.38. The Morgan fingerprint density at radius 3 is 2.27 bits per heavy atom. The summed E-state index contributed by atoms with van der Waals surface area (Å²) in [4.78, 5) is 11.0. The second-order valence-electron chi connectivity index (χ2n) is 7.01. The van der Waals surface area contributed by atoms with Crippen molar-refractivity contribution in [3.63, 3.8) is 0 Å². The van der Waals surface area contributed by atoms with Gasteiger partial charge in [-0.25, -0.2) is 0 Å². The van der Waals surface area contributed by atoms with Crippen LogP contribution in [0.15, 0.2) is 24.3 Å². The minimum Gasteiger partial charge on any atom is -0.544 e. The van der Waals surface area contributed by atoms with Crippen molar-refractivity contribution < 1.29 is 14.0 Å². The molecule has 5 heteroatoms. The quantitative estimate of drug-likeness (QED) is 0.475. The molecular formula is C17H29NO3Si. The van der Waals surface area contributed by atoms with Gasteiger partial charge < -0.3 is 14.5 Å². The highest BCUT2D eigenvalue weighted by Gasteiger charge is 2.38. The molecular weight excluding hydrogens is 294 g/mol. The number of hydrogen-bond donors (Lipinski definition) is 1. The van der Waals surface area contributed by atoms with Gasteiger partial charge in [-0.05, 0) is 48.8 Å². The van der Waals surface area contributed by atoms with Gasteiger partial charge in [-0.15, -0.1) is 0 Å². The maximum atomic E-state index is 11.0. The van der Waals surface area contributed by atoms with Crippen molar-refractivity contribution in [1.82, 2.24) is 5.32 Å². The van der Waals surface area contributed by atoms with Gasteiger partial charge in [-0.2, -0.15) is 0 Å². The number of hydrogen-bond acceptors (Lipinski definition) is 4. The Morgan fingerprint density at radius 2 is 1.77 bits per heavy atom. The van der Waals surface area contributed by atoms with E-state index in [-0.39, 0.29) is 17.6 Å². The number of methoxy groups -OCH3 is 1. The highest BCUT2D eigenvalue weighted by molar-refractivity contribution is 6.74. The van der Waals surface area contributed by atoms with E-state index in [4.69, 9.17) is 4.43 Å². The monoisotopic (exact) mass is 323 g/mol. The van der Waals surface area contributed by atoms with Crippen LogP contribution in [0.2, 0.25) is 18.1 Å². The van der Waals surface area contributed by atoms with E-state index < -0.39 is 8.32 Å². The van der Waals surface area contributed by atoms with E-state index in [1.165, 1.54) is 12.7 Å². The van der Waals surface area contributed by atoms with E-state index in [1.54, 1.807) is 0 Å². The molecule has 0 radical (unpaired) electrons. The van der Waals surface area contributed by atoms with E-state index in [0.717, 1.165) is 18.7 Å². The summed E-state index contributed by atoms with van der Waals surface area (Å²) in [5, 5.41) is 3.26. The van der Waals surface area contributed by atoms with Crippen molar-refractivity contribution in [3.05, 3.63) is 29.8 Å². The van der Waals surface area contributed by atoms with Gasteiger partial charge in [-0.1, -0.05) is 32.9 Å². The molecule has 0 aromatic heterocycles. The van der Waals surface area contributed by atoms with Crippen LogP contribution < -0.4 is 9.74 Å². The second-order valence-corrected chi connectivity index (χ2v) is 11.7. The summed E-state index contributed by atoms with van der Waals surface area (Å²) in [6.45, 7) is 12.2. The molecule has 1 aromatic rings. The van der Waals surface area contributed by atoms with Crippen molar-refractivity contribution in [2.75, 3.05) is 20.2 Å². The molecule has 1 rings (SSSR count). The van der Waals surface area contributed by atoms with E-state index in [9.17, 15) is 4.79 Å². The normalized spacial score (nSPS) is 12.1. The molecule has 124 valence electrons. The smallest absolute Gasteiger partial charge is 0.319 e. The lowest BCUT2D eigenvalue weighted by molar-refractivity contribution is -0.139. The van der Waals surface area contributed by atoms with Crippen molar-refractivity contribution in [1.29, 1.82) is 0 Å².